The van der Waals surface area contributed by atoms with Crippen LogP contribution in [0.1, 0.15) is 11.1 Å². The molecule has 130 valence electrons. The number of rotatable bonds is 4. The lowest BCUT2D eigenvalue weighted by Crippen LogP contribution is -2.22. The van der Waals surface area contributed by atoms with Crippen LogP contribution in [0.2, 0.25) is 5.02 Å². The molecule has 0 aliphatic rings. The molecule has 0 atom stereocenters. The van der Waals surface area contributed by atoms with Gasteiger partial charge in [-0.15, -0.1) is 0 Å². The van der Waals surface area contributed by atoms with E-state index in [9.17, 15) is 4.79 Å². The molecule has 0 unspecified atom stereocenters. The lowest BCUT2D eigenvalue weighted by atomic mass is 10.0. The minimum Gasteiger partial charge on any atom is -0.464 e. The second kappa shape index (κ2) is 6.94. The van der Waals surface area contributed by atoms with E-state index in [2.05, 4.69) is 35.2 Å². The molecule has 4 aromatic rings. The maximum atomic E-state index is 12.7. The summed E-state index contributed by atoms with van der Waals surface area (Å²) in [5.41, 5.74) is 2.39. The zero-order valence-electron chi connectivity index (χ0n) is 14.4. The second-order valence-electron chi connectivity index (χ2n) is 6.54. The molecule has 3 aromatic carbocycles. The van der Waals surface area contributed by atoms with Crippen LogP contribution >= 0.6 is 11.6 Å². The first kappa shape index (κ1) is 16.8. The molecule has 0 N–H and O–H groups in total. The van der Waals surface area contributed by atoms with Crippen LogP contribution in [0, 0.1) is 0 Å². The molecular formula is C22H18ClNO2. The largest absolute Gasteiger partial charge is 0.464 e. The molecule has 4 rings (SSSR count). The molecule has 0 aliphatic carbocycles. The standard InChI is InChI=1S/C22H18ClNO2/c1-24(12-16-7-4-6-15-5-2-3-8-19(15)16)13-17-14-26-21-10-9-18(23)11-20(21)22(17)25/h2-11,14H,12-13H2,1H3. The Balaban J connectivity index is 1.62. The molecule has 1 heterocycles. The van der Waals surface area contributed by atoms with E-state index in [0.29, 0.717) is 28.1 Å². The third-order valence-corrected chi connectivity index (χ3v) is 4.80. The maximum absolute atomic E-state index is 12.7. The minimum atomic E-state index is -0.0291. The summed E-state index contributed by atoms with van der Waals surface area (Å²) in [6, 6.07) is 19.7. The molecule has 0 aliphatic heterocycles. The molecule has 0 spiro atoms. The van der Waals surface area contributed by atoms with Crippen molar-refractivity contribution in [3.8, 4) is 0 Å². The molecule has 0 saturated heterocycles. The van der Waals surface area contributed by atoms with Gasteiger partial charge in [0.2, 0.25) is 0 Å². The Morgan fingerprint density at radius 1 is 0.923 bits per heavy atom. The molecular weight excluding hydrogens is 346 g/mol. The summed E-state index contributed by atoms with van der Waals surface area (Å²) in [5, 5.41) is 3.51. The Bertz CT molecular complexity index is 1140. The Labute approximate surface area is 156 Å². The molecule has 3 nitrogen and oxygen atoms in total. The van der Waals surface area contributed by atoms with Gasteiger partial charge in [0.25, 0.3) is 0 Å². The highest BCUT2D eigenvalue weighted by Gasteiger charge is 2.11. The van der Waals surface area contributed by atoms with Crippen molar-refractivity contribution in [2.24, 2.45) is 0 Å². The Kier molecular flexibility index (Phi) is 4.49. The minimum absolute atomic E-state index is 0.0291. The van der Waals surface area contributed by atoms with Crippen molar-refractivity contribution in [3.05, 3.63) is 93.3 Å². The van der Waals surface area contributed by atoms with Crippen LogP contribution in [0.3, 0.4) is 0 Å². The van der Waals surface area contributed by atoms with Gasteiger partial charge >= 0.3 is 0 Å². The Morgan fingerprint density at radius 3 is 2.58 bits per heavy atom. The van der Waals surface area contributed by atoms with Gasteiger partial charge in [0, 0.05) is 23.7 Å². The molecule has 4 heteroatoms. The van der Waals surface area contributed by atoms with Crippen molar-refractivity contribution in [2.45, 2.75) is 13.1 Å². The first-order valence-corrected chi connectivity index (χ1v) is 8.85. The lowest BCUT2D eigenvalue weighted by Gasteiger charge is -2.17. The van der Waals surface area contributed by atoms with Crippen molar-refractivity contribution in [1.29, 1.82) is 0 Å². The summed E-state index contributed by atoms with van der Waals surface area (Å²) >= 11 is 6.02. The van der Waals surface area contributed by atoms with Gasteiger partial charge in [0.15, 0.2) is 5.43 Å². The first-order valence-electron chi connectivity index (χ1n) is 8.47. The van der Waals surface area contributed by atoms with Crippen LogP contribution < -0.4 is 5.43 Å². The molecule has 1 aromatic heterocycles. The Hall–Kier alpha value is -2.62. The molecule has 0 amide bonds. The number of halogens is 1. The summed E-state index contributed by atoms with van der Waals surface area (Å²) in [4.78, 5) is 14.9. The fourth-order valence-corrected chi connectivity index (χ4v) is 3.49. The highest BCUT2D eigenvalue weighted by atomic mass is 35.5. The second-order valence-corrected chi connectivity index (χ2v) is 6.98. The van der Waals surface area contributed by atoms with Crippen molar-refractivity contribution >= 4 is 33.3 Å². The lowest BCUT2D eigenvalue weighted by molar-refractivity contribution is 0.316. The van der Waals surface area contributed by atoms with Gasteiger partial charge < -0.3 is 4.42 Å². The smallest absolute Gasteiger partial charge is 0.197 e. The SMILES string of the molecule is CN(Cc1coc2ccc(Cl)cc2c1=O)Cc1cccc2ccccc12. The van der Waals surface area contributed by atoms with Crippen LogP contribution in [0.15, 0.2) is 76.1 Å². The van der Waals surface area contributed by atoms with Gasteiger partial charge in [0.1, 0.15) is 5.58 Å². The van der Waals surface area contributed by atoms with Crippen LogP contribution in [0.25, 0.3) is 21.7 Å². The summed E-state index contributed by atoms with van der Waals surface area (Å²) < 4.78 is 5.61. The summed E-state index contributed by atoms with van der Waals surface area (Å²) in [6.07, 6.45) is 1.55. The Morgan fingerprint density at radius 2 is 1.69 bits per heavy atom. The van der Waals surface area contributed by atoms with Crippen molar-refractivity contribution in [2.75, 3.05) is 7.05 Å². The molecule has 0 fully saturated rings. The fraction of sp³-hybridized carbons (Fsp3) is 0.136. The predicted molar refractivity (Wildman–Crippen MR) is 107 cm³/mol. The fourth-order valence-electron chi connectivity index (χ4n) is 3.32. The van der Waals surface area contributed by atoms with Gasteiger partial charge in [-0.25, -0.2) is 0 Å². The van der Waals surface area contributed by atoms with E-state index in [1.54, 1.807) is 24.5 Å². The average molecular weight is 364 g/mol. The predicted octanol–water partition coefficient (Wildman–Crippen LogP) is 5.23. The van der Waals surface area contributed by atoms with Crippen molar-refractivity contribution < 1.29 is 4.42 Å². The number of benzene rings is 3. The van der Waals surface area contributed by atoms with E-state index in [-0.39, 0.29) is 5.43 Å². The molecule has 0 saturated carbocycles. The van der Waals surface area contributed by atoms with Crippen LogP contribution in [-0.2, 0) is 13.1 Å². The van der Waals surface area contributed by atoms with E-state index in [0.717, 1.165) is 6.54 Å². The van der Waals surface area contributed by atoms with E-state index >= 15 is 0 Å². The molecule has 0 bridgehead atoms. The van der Waals surface area contributed by atoms with Crippen molar-refractivity contribution in [1.82, 2.24) is 4.90 Å². The zero-order valence-corrected chi connectivity index (χ0v) is 15.2. The van der Waals surface area contributed by atoms with E-state index in [1.807, 2.05) is 19.2 Å². The van der Waals surface area contributed by atoms with E-state index < -0.39 is 0 Å². The average Bonchev–Trinajstić information content (AvgIpc) is 2.65. The van der Waals surface area contributed by atoms with Crippen molar-refractivity contribution in [3.63, 3.8) is 0 Å². The first-order chi connectivity index (χ1) is 12.6. The van der Waals surface area contributed by atoms with E-state index in [1.165, 1.54) is 16.3 Å². The highest BCUT2D eigenvalue weighted by Crippen LogP contribution is 2.21. The van der Waals surface area contributed by atoms with Crippen LogP contribution in [-0.4, -0.2) is 11.9 Å². The number of fused-ring (bicyclic) bond motifs is 2. The molecule has 0 radical (unpaired) electrons. The maximum Gasteiger partial charge on any atom is 0.197 e. The highest BCUT2D eigenvalue weighted by molar-refractivity contribution is 6.31. The number of hydrogen-bond acceptors (Lipinski definition) is 3. The van der Waals surface area contributed by atoms with Gasteiger partial charge in [-0.2, -0.15) is 0 Å². The normalized spacial score (nSPS) is 11.5. The molecule has 26 heavy (non-hydrogen) atoms. The summed E-state index contributed by atoms with van der Waals surface area (Å²) in [7, 11) is 2.00. The number of nitrogens with zero attached hydrogens (tertiary/aromatic N) is 1. The van der Waals surface area contributed by atoms with Gasteiger partial charge in [-0.1, -0.05) is 54.1 Å². The topological polar surface area (TPSA) is 33.5 Å². The van der Waals surface area contributed by atoms with Gasteiger partial charge in [-0.3, -0.25) is 9.69 Å². The third-order valence-electron chi connectivity index (χ3n) is 4.57. The van der Waals surface area contributed by atoms with E-state index in [4.69, 9.17) is 16.0 Å². The zero-order chi connectivity index (χ0) is 18.1. The summed E-state index contributed by atoms with van der Waals surface area (Å²) in [6.45, 7) is 1.25. The third kappa shape index (κ3) is 3.24. The number of hydrogen-bond donors (Lipinski definition) is 0. The van der Waals surface area contributed by atoms with Crippen LogP contribution in [0.4, 0.5) is 0 Å². The quantitative estimate of drug-likeness (QED) is 0.497. The van der Waals surface area contributed by atoms with Gasteiger partial charge in [-0.05, 0) is 41.6 Å². The van der Waals surface area contributed by atoms with Crippen LogP contribution in [0.5, 0.6) is 0 Å². The monoisotopic (exact) mass is 363 g/mol. The van der Waals surface area contributed by atoms with Gasteiger partial charge in [0.05, 0.1) is 11.6 Å². The summed E-state index contributed by atoms with van der Waals surface area (Å²) in [5.74, 6) is 0.